The van der Waals surface area contributed by atoms with Gasteiger partial charge in [0.25, 0.3) is 0 Å². The maximum Gasteiger partial charge on any atom is 0.305 e. The fourth-order valence-electron chi connectivity index (χ4n) is 2.03. The molecule has 0 radical (unpaired) electrons. The van der Waals surface area contributed by atoms with E-state index in [2.05, 4.69) is 10.5 Å². The average molecular weight is 306 g/mol. The molecule has 2 rings (SSSR count). The summed E-state index contributed by atoms with van der Waals surface area (Å²) in [5, 5.41) is 15.3. The summed E-state index contributed by atoms with van der Waals surface area (Å²) in [7, 11) is 0. The van der Waals surface area contributed by atoms with Crippen molar-refractivity contribution in [3.8, 4) is 0 Å². The lowest BCUT2D eigenvalue weighted by Crippen LogP contribution is -2.31. The monoisotopic (exact) mass is 306 g/mol. The van der Waals surface area contributed by atoms with Gasteiger partial charge in [0, 0.05) is 6.07 Å². The van der Waals surface area contributed by atoms with Crippen LogP contribution in [0.25, 0.3) is 0 Å². The Bertz CT molecular complexity index is 666. The zero-order chi connectivity index (χ0) is 16.1. The summed E-state index contributed by atoms with van der Waals surface area (Å²) in [6.45, 7) is 1.71. The number of carbonyl (C=O) groups is 2. The van der Waals surface area contributed by atoms with Crippen LogP contribution in [0.2, 0.25) is 0 Å². The Morgan fingerprint density at radius 2 is 2.05 bits per heavy atom. The fraction of sp³-hybridized carbons (Fsp3) is 0.267. The molecule has 0 fully saturated rings. The zero-order valence-corrected chi connectivity index (χ0v) is 11.9. The second-order valence-corrected chi connectivity index (χ2v) is 4.88. The molecular formula is C15H15FN2O4. The average Bonchev–Trinajstić information content (AvgIpc) is 2.83. The maximum atomic E-state index is 12.9. The Morgan fingerprint density at radius 1 is 1.36 bits per heavy atom. The van der Waals surface area contributed by atoms with Gasteiger partial charge in [-0.25, -0.2) is 4.39 Å². The first-order chi connectivity index (χ1) is 10.4. The molecule has 0 aliphatic carbocycles. The molecule has 6 nitrogen and oxygen atoms in total. The summed E-state index contributed by atoms with van der Waals surface area (Å²) < 4.78 is 17.8. The van der Waals surface area contributed by atoms with Crippen molar-refractivity contribution in [2.75, 3.05) is 0 Å². The summed E-state index contributed by atoms with van der Waals surface area (Å²) in [5.41, 5.74) is 0.983. The first kappa shape index (κ1) is 15.7. The largest absolute Gasteiger partial charge is 0.481 e. The summed E-state index contributed by atoms with van der Waals surface area (Å²) in [4.78, 5) is 22.9. The Kier molecular flexibility index (Phi) is 4.88. The van der Waals surface area contributed by atoms with Crippen LogP contribution in [0.15, 0.2) is 34.9 Å². The van der Waals surface area contributed by atoms with Crippen molar-refractivity contribution >= 4 is 11.9 Å². The molecule has 0 aliphatic rings. The van der Waals surface area contributed by atoms with Crippen molar-refractivity contribution in [1.82, 2.24) is 10.5 Å². The van der Waals surface area contributed by atoms with E-state index in [0.717, 1.165) is 0 Å². The Balaban J connectivity index is 2.07. The van der Waals surface area contributed by atoms with E-state index in [1.54, 1.807) is 13.0 Å². The van der Waals surface area contributed by atoms with Crippen LogP contribution in [-0.4, -0.2) is 22.1 Å². The van der Waals surface area contributed by atoms with Crippen LogP contribution in [0, 0.1) is 12.7 Å². The van der Waals surface area contributed by atoms with Crippen molar-refractivity contribution in [2.24, 2.45) is 0 Å². The molecule has 7 heteroatoms. The van der Waals surface area contributed by atoms with Gasteiger partial charge in [-0.2, -0.15) is 0 Å². The predicted molar refractivity (Wildman–Crippen MR) is 74.5 cm³/mol. The van der Waals surface area contributed by atoms with Gasteiger partial charge in [0.15, 0.2) is 0 Å². The highest BCUT2D eigenvalue weighted by molar-refractivity contribution is 5.79. The number of aryl methyl sites for hydroxylation is 1. The zero-order valence-electron chi connectivity index (χ0n) is 11.9. The Labute approximate surface area is 125 Å². The summed E-state index contributed by atoms with van der Waals surface area (Å²) >= 11 is 0. The third-order valence-corrected chi connectivity index (χ3v) is 3.00. The van der Waals surface area contributed by atoms with E-state index in [1.807, 2.05) is 0 Å². The molecule has 0 saturated carbocycles. The minimum absolute atomic E-state index is 0.0192. The number of amides is 1. The second-order valence-electron chi connectivity index (χ2n) is 4.88. The minimum Gasteiger partial charge on any atom is -0.481 e. The van der Waals surface area contributed by atoms with Crippen molar-refractivity contribution < 1.29 is 23.6 Å². The molecule has 1 heterocycles. The molecule has 0 bridgehead atoms. The quantitative estimate of drug-likeness (QED) is 0.851. The summed E-state index contributed by atoms with van der Waals surface area (Å²) in [6, 6.07) is 6.23. The number of carboxylic acid groups (broad SMARTS) is 1. The van der Waals surface area contributed by atoms with Gasteiger partial charge >= 0.3 is 5.97 Å². The van der Waals surface area contributed by atoms with Gasteiger partial charge in [0.2, 0.25) is 5.91 Å². The van der Waals surface area contributed by atoms with Crippen LogP contribution in [0.3, 0.4) is 0 Å². The molecule has 1 amide bonds. The van der Waals surface area contributed by atoms with Crippen molar-refractivity contribution in [3.05, 3.63) is 53.2 Å². The number of rotatable bonds is 6. The van der Waals surface area contributed by atoms with Gasteiger partial charge < -0.3 is 14.9 Å². The van der Waals surface area contributed by atoms with E-state index in [4.69, 9.17) is 9.63 Å². The highest BCUT2D eigenvalue weighted by Gasteiger charge is 2.19. The van der Waals surface area contributed by atoms with Crippen molar-refractivity contribution in [1.29, 1.82) is 0 Å². The minimum atomic E-state index is -1.06. The van der Waals surface area contributed by atoms with E-state index in [9.17, 15) is 14.0 Å². The van der Waals surface area contributed by atoms with Crippen LogP contribution in [0.5, 0.6) is 0 Å². The first-order valence-corrected chi connectivity index (χ1v) is 6.63. The number of aromatic nitrogens is 1. The van der Waals surface area contributed by atoms with Crippen molar-refractivity contribution in [3.63, 3.8) is 0 Å². The van der Waals surface area contributed by atoms with Crippen LogP contribution < -0.4 is 5.32 Å². The molecule has 0 aliphatic heterocycles. The molecule has 0 saturated heterocycles. The molecule has 116 valence electrons. The number of halogens is 1. The van der Waals surface area contributed by atoms with E-state index in [0.29, 0.717) is 17.0 Å². The maximum absolute atomic E-state index is 12.9. The van der Waals surface area contributed by atoms with Gasteiger partial charge in [-0.15, -0.1) is 0 Å². The molecule has 2 aromatic rings. The summed E-state index contributed by atoms with van der Waals surface area (Å²) in [6.07, 6.45) is -0.316. The topological polar surface area (TPSA) is 92.4 Å². The van der Waals surface area contributed by atoms with Gasteiger partial charge in [-0.1, -0.05) is 17.3 Å². The molecule has 1 aromatic carbocycles. The Morgan fingerprint density at radius 3 is 2.59 bits per heavy atom. The first-order valence-electron chi connectivity index (χ1n) is 6.63. The van der Waals surface area contributed by atoms with E-state index in [-0.39, 0.29) is 18.7 Å². The van der Waals surface area contributed by atoms with Gasteiger partial charge in [0.05, 0.1) is 24.6 Å². The molecule has 1 unspecified atom stereocenters. The molecule has 0 spiro atoms. The normalized spacial score (nSPS) is 11.9. The lowest BCUT2D eigenvalue weighted by atomic mass is 10.0. The number of hydrogen-bond donors (Lipinski definition) is 2. The number of benzene rings is 1. The number of nitrogens with zero attached hydrogens (tertiary/aromatic N) is 1. The lowest BCUT2D eigenvalue weighted by molar-refractivity contribution is -0.137. The second kappa shape index (κ2) is 6.84. The molecule has 22 heavy (non-hydrogen) atoms. The number of hydrogen-bond acceptors (Lipinski definition) is 4. The fourth-order valence-corrected chi connectivity index (χ4v) is 2.03. The molecule has 2 N–H and O–H groups in total. The van der Waals surface area contributed by atoms with Crippen LogP contribution in [-0.2, 0) is 16.0 Å². The molecule has 1 aromatic heterocycles. The highest BCUT2D eigenvalue weighted by Crippen LogP contribution is 2.18. The SMILES string of the molecule is Cc1cc(CC(=O)NC(CC(=O)O)c2ccc(F)cc2)no1. The Hall–Kier alpha value is -2.70. The van der Waals surface area contributed by atoms with Gasteiger partial charge in [-0.3, -0.25) is 9.59 Å². The standard InChI is InChI=1S/C15H15FN2O4/c1-9-6-12(18-22-9)7-14(19)17-13(8-15(20)21)10-2-4-11(16)5-3-10/h2-6,13H,7-8H2,1H3,(H,17,19)(H,20,21). The number of carbonyl (C=O) groups excluding carboxylic acids is 1. The highest BCUT2D eigenvalue weighted by atomic mass is 19.1. The molecule has 1 atom stereocenters. The van der Waals surface area contributed by atoms with Crippen LogP contribution in [0.4, 0.5) is 4.39 Å². The number of carboxylic acids is 1. The van der Waals surface area contributed by atoms with E-state index in [1.165, 1.54) is 24.3 Å². The third kappa shape index (κ3) is 4.41. The van der Waals surface area contributed by atoms with Gasteiger partial charge in [0.1, 0.15) is 11.6 Å². The predicted octanol–water partition coefficient (Wildman–Crippen LogP) is 2.00. The summed E-state index contributed by atoms with van der Waals surface area (Å²) in [5.74, 6) is -1.29. The number of nitrogens with one attached hydrogen (secondary N) is 1. The van der Waals surface area contributed by atoms with Crippen LogP contribution >= 0.6 is 0 Å². The van der Waals surface area contributed by atoms with Crippen LogP contribution in [0.1, 0.15) is 29.5 Å². The lowest BCUT2D eigenvalue weighted by Gasteiger charge is -2.17. The van der Waals surface area contributed by atoms with E-state index < -0.39 is 17.8 Å². The van der Waals surface area contributed by atoms with Gasteiger partial charge in [-0.05, 0) is 24.6 Å². The third-order valence-electron chi connectivity index (χ3n) is 3.00. The van der Waals surface area contributed by atoms with Crippen molar-refractivity contribution in [2.45, 2.75) is 25.8 Å². The number of aliphatic carboxylic acids is 1. The smallest absolute Gasteiger partial charge is 0.305 e. The molecular weight excluding hydrogens is 291 g/mol. The van der Waals surface area contributed by atoms with E-state index >= 15 is 0 Å².